The van der Waals surface area contributed by atoms with Crippen LogP contribution in [0.15, 0.2) is 46.9 Å². The van der Waals surface area contributed by atoms with E-state index in [1.54, 1.807) is 25.3 Å². The van der Waals surface area contributed by atoms with E-state index in [2.05, 4.69) is 15.9 Å². The summed E-state index contributed by atoms with van der Waals surface area (Å²) in [5.74, 6) is 1.22. The van der Waals surface area contributed by atoms with Crippen LogP contribution in [0, 0.1) is 0 Å². The summed E-state index contributed by atoms with van der Waals surface area (Å²) in [6.45, 7) is 2.41. The minimum Gasteiger partial charge on any atom is -0.508 e. The normalized spacial score (nSPS) is 10.7. The van der Waals surface area contributed by atoms with E-state index in [1.165, 1.54) is 18.2 Å². The molecule has 0 aromatic heterocycles. The molecule has 0 atom stereocenters. The van der Waals surface area contributed by atoms with Gasteiger partial charge >= 0.3 is 0 Å². The van der Waals surface area contributed by atoms with Crippen LogP contribution in [0.3, 0.4) is 0 Å². The molecule has 0 aliphatic carbocycles. The molecule has 0 saturated carbocycles. The van der Waals surface area contributed by atoms with Crippen LogP contribution in [0.5, 0.6) is 17.2 Å². The third-order valence-electron chi connectivity index (χ3n) is 3.11. The molecule has 120 valence electrons. The van der Waals surface area contributed by atoms with Crippen molar-refractivity contribution in [3.63, 3.8) is 0 Å². The van der Waals surface area contributed by atoms with Crippen molar-refractivity contribution in [1.29, 1.82) is 0 Å². The van der Waals surface area contributed by atoms with E-state index in [4.69, 9.17) is 9.47 Å². The van der Waals surface area contributed by atoms with E-state index in [9.17, 15) is 9.90 Å². The maximum atomic E-state index is 12.1. The molecule has 1 N–H and O–H groups in total. The van der Waals surface area contributed by atoms with E-state index < -0.39 is 0 Å². The zero-order valence-corrected chi connectivity index (χ0v) is 14.5. The van der Waals surface area contributed by atoms with Crippen molar-refractivity contribution in [3.05, 3.63) is 58.1 Å². The lowest BCUT2D eigenvalue weighted by molar-refractivity contribution is 0.104. The summed E-state index contributed by atoms with van der Waals surface area (Å²) in [7, 11) is 1.58. The first-order valence-electron chi connectivity index (χ1n) is 7.07. The van der Waals surface area contributed by atoms with Crippen LogP contribution in [0.1, 0.15) is 22.8 Å². The summed E-state index contributed by atoms with van der Waals surface area (Å²) >= 11 is 3.44. The quantitative estimate of drug-likeness (QED) is 0.597. The molecule has 2 rings (SSSR count). The van der Waals surface area contributed by atoms with Crippen molar-refractivity contribution in [2.45, 2.75) is 6.92 Å². The Labute approximate surface area is 143 Å². The predicted molar refractivity (Wildman–Crippen MR) is 93.3 cm³/mol. The van der Waals surface area contributed by atoms with Crippen LogP contribution >= 0.6 is 15.9 Å². The number of phenolic OH excluding ortho intramolecular Hbond substituents is 1. The van der Waals surface area contributed by atoms with Gasteiger partial charge in [0.1, 0.15) is 5.75 Å². The standard InChI is InChI=1S/C18H17BrO4/c1-3-23-17-11-12(10-15(19)18(17)22-2)4-9-16(21)13-5-7-14(20)8-6-13/h4-11,20H,3H2,1-2H3/b9-4+. The number of hydrogen-bond acceptors (Lipinski definition) is 4. The van der Waals surface area contributed by atoms with Gasteiger partial charge in [0.15, 0.2) is 17.3 Å². The van der Waals surface area contributed by atoms with Gasteiger partial charge in [-0.1, -0.05) is 6.08 Å². The largest absolute Gasteiger partial charge is 0.508 e. The first-order valence-corrected chi connectivity index (χ1v) is 7.86. The zero-order valence-electron chi connectivity index (χ0n) is 12.9. The number of methoxy groups -OCH3 is 1. The van der Waals surface area contributed by atoms with Crippen molar-refractivity contribution in [2.24, 2.45) is 0 Å². The van der Waals surface area contributed by atoms with Crippen molar-refractivity contribution in [2.75, 3.05) is 13.7 Å². The minimum absolute atomic E-state index is 0.131. The molecule has 0 amide bonds. The number of rotatable bonds is 6. The number of benzene rings is 2. The second-order valence-corrected chi connectivity index (χ2v) is 5.57. The van der Waals surface area contributed by atoms with Gasteiger partial charge in [0.25, 0.3) is 0 Å². The molecular weight excluding hydrogens is 360 g/mol. The van der Waals surface area contributed by atoms with Crippen molar-refractivity contribution in [1.82, 2.24) is 0 Å². The fourth-order valence-corrected chi connectivity index (χ4v) is 2.66. The molecule has 0 heterocycles. The molecular formula is C18H17BrO4. The summed E-state index contributed by atoms with van der Waals surface area (Å²) in [4.78, 5) is 12.1. The smallest absolute Gasteiger partial charge is 0.185 e. The summed E-state index contributed by atoms with van der Waals surface area (Å²) in [6, 6.07) is 9.79. The number of ketones is 1. The number of ether oxygens (including phenoxy) is 2. The average Bonchev–Trinajstić information content (AvgIpc) is 2.53. The Kier molecular flexibility index (Phi) is 5.82. The topological polar surface area (TPSA) is 55.8 Å². The monoisotopic (exact) mass is 376 g/mol. The highest BCUT2D eigenvalue weighted by Crippen LogP contribution is 2.36. The number of allylic oxidation sites excluding steroid dienone is 1. The summed E-state index contributed by atoms with van der Waals surface area (Å²) in [6.07, 6.45) is 3.19. The van der Waals surface area contributed by atoms with Gasteiger partial charge in [-0.25, -0.2) is 0 Å². The van der Waals surface area contributed by atoms with Crippen LogP contribution < -0.4 is 9.47 Å². The maximum absolute atomic E-state index is 12.1. The van der Waals surface area contributed by atoms with Gasteiger partial charge in [0.05, 0.1) is 18.2 Å². The summed E-state index contributed by atoms with van der Waals surface area (Å²) in [5.41, 5.74) is 1.32. The highest BCUT2D eigenvalue weighted by molar-refractivity contribution is 9.10. The van der Waals surface area contributed by atoms with Crippen molar-refractivity contribution in [3.8, 4) is 17.2 Å². The molecule has 2 aromatic rings. The highest BCUT2D eigenvalue weighted by Gasteiger charge is 2.10. The lowest BCUT2D eigenvalue weighted by Gasteiger charge is -2.12. The molecule has 0 radical (unpaired) electrons. The fourth-order valence-electron chi connectivity index (χ4n) is 2.04. The first-order chi connectivity index (χ1) is 11.0. The van der Waals surface area contributed by atoms with Gasteiger partial charge in [-0.15, -0.1) is 0 Å². The van der Waals surface area contributed by atoms with Crippen LogP contribution in [0.2, 0.25) is 0 Å². The van der Waals surface area contributed by atoms with Crippen LogP contribution in [0.4, 0.5) is 0 Å². The lowest BCUT2D eigenvalue weighted by Crippen LogP contribution is -1.97. The number of aromatic hydroxyl groups is 1. The van der Waals surface area contributed by atoms with Crippen molar-refractivity contribution >= 4 is 27.8 Å². The fraction of sp³-hybridized carbons (Fsp3) is 0.167. The number of carbonyl (C=O) groups excluding carboxylic acids is 1. The van der Waals surface area contributed by atoms with Crippen molar-refractivity contribution < 1.29 is 19.4 Å². The Morgan fingerprint density at radius 2 is 1.96 bits per heavy atom. The Bertz CT molecular complexity index is 721. The molecule has 4 nitrogen and oxygen atoms in total. The SMILES string of the molecule is CCOc1cc(/C=C/C(=O)c2ccc(O)cc2)cc(Br)c1OC. The second-order valence-electron chi connectivity index (χ2n) is 4.71. The number of halogens is 1. The molecule has 0 saturated heterocycles. The Morgan fingerprint density at radius 1 is 1.26 bits per heavy atom. The Morgan fingerprint density at radius 3 is 2.57 bits per heavy atom. The maximum Gasteiger partial charge on any atom is 0.185 e. The minimum atomic E-state index is -0.144. The third kappa shape index (κ3) is 4.36. The van der Waals surface area contributed by atoms with Gasteiger partial charge in [0.2, 0.25) is 0 Å². The van der Waals surface area contributed by atoms with Crippen LogP contribution in [-0.4, -0.2) is 24.6 Å². The van der Waals surface area contributed by atoms with E-state index in [-0.39, 0.29) is 11.5 Å². The average molecular weight is 377 g/mol. The van der Waals surface area contributed by atoms with E-state index in [0.29, 0.717) is 23.7 Å². The Balaban J connectivity index is 2.25. The van der Waals surface area contributed by atoms with Gasteiger partial charge < -0.3 is 14.6 Å². The molecule has 0 aliphatic rings. The van der Waals surface area contributed by atoms with E-state index in [1.807, 2.05) is 19.1 Å². The molecule has 5 heteroatoms. The third-order valence-corrected chi connectivity index (χ3v) is 3.70. The summed E-state index contributed by atoms with van der Waals surface area (Å²) in [5, 5.41) is 9.25. The number of hydrogen-bond donors (Lipinski definition) is 1. The van der Waals surface area contributed by atoms with E-state index in [0.717, 1.165) is 10.0 Å². The van der Waals surface area contributed by atoms with Gasteiger partial charge in [-0.3, -0.25) is 4.79 Å². The molecule has 0 aliphatic heterocycles. The molecule has 0 bridgehead atoms. The molecule has 2 aromatic carbocycles. The summed E-state index contributed by atoms with van der Waals surface area (Å²) < 4.78 is 11.6. The van der Waals surface area contributed by atoms with Gasteiger partial charge in [0, 0.05) is 5.56 Å². The number of carbonyl (C=O) groups is 1. The predicted octanol–water partition coefficient (Wildman–Crippen LogP) is 4.46. The first kappa shape index (κ1) is 17.1. The lowest BCUT2D eigenvalue weighted by atomic mass is 10.1. The van der Waals surface area contributed by atoms with E-state index >= 15 is 0 Å². The van der Waals surface area contributed by atoms with Crippen LogP contribution in [-0.2, 0) is 0 Å². The highest BCUT2D eigenvalue weighted by atomic mass is 79.9. The number of phenols is 1. The molecule has 0 fully saturated rings. The molecule has 0 spiro atoms. The molecule has 23 heavy (non-hydrogen) atoms. The van der Waals surface area contributed by atoms with Gasteiger partial charge in [-0.2, -0.15) is 0 Å². The Hall–Kier alpha value is -2.27. The zero-order chi connectivity index (χ0) is 16.8. The van der Waals surface area contributed by atoms with Crippen LogP contribution in [0.25, 0.3) is 6.08 Å². The second kappa shape index (κ2) is 7.83. The molecule has 0 unspecified atom stereocenters. The van der Waals surface area contributed by atoms with Gasteiger partial charge in [-0.05, 0) is 70.9 Å².